The zero-order valence-corrected chi connectivity index (χ0v) is 13.9. The molecule has 2 nitrogen and oxygen atoms in total. The molecule has 1 fully saturated rings. The molecule has 0 radical (unpaired) electrons. The number of nitrogens with zero attached hydrogens (tertiary/aromatic N) is 1. The molecule has 23 heavy (non-hydrogen) atoms. The number of carbonyl (C=O) groups is 1. The van der Waals surface area contributed by atoms with Crippen molar-refractivity contribution in [3.63, 3.8) is 0 Å². The largest absolute Gasteiger partial charge is 0.325 e. The third kappa shape index (κ3) is 3.27. The van der Waals surface area contributed by atoms with Crippen LogP contribution in [0.1, 0.15) is 35.8 Å². The highest BCUT2D eigenvalue weighted by Gasteiger charge is 2.35. The van der Waals surface area contributed by atoms with Crippen molar-refractivity contribution in [1.29, 1.82) is 0 Å². The van der Waals surface area contributed by atoms with Gasteiger partial charge in [0, 0.05) is 17.9 Å². The molecular weight excluding hydrogens is 309 g/mol. The molecular formula is C19H20FNOS. The first-order valence-electron chi connectivity index (χ1n) is 7.93. The Balaban J connectivity index is 1.87. The summed E-state index contributed by atoms with van der Waals surface area (Å²) in [6, 6.07) is 16.6. The minimum Gasteiger partial charge on any atom is -0.325 e. The lowest BCUT2D eigenvalue weighted by Gasteiger charge is -2.28. The molecule has 1 aliphatic rings. The van der Waals surface area contributed by atoms with Gasteiger partial charge in [-0.1, -0.05) is 55.5 Å². The van der Waals surface area contributed by atoms with Crippen LogP contribution in [0, 0.1) is 5.82 Å². The van der Waals surface area contributed by atoms with Crippen LogP contribution < -0.4 is 0 Å². The Labute approximate surface area is 140 Å². The summed E-state index contributed by atoms with van der Waals surface area (Å²) >= 11 is 1.63. The van der Waals surface area contributed by atoms with Gasteiger partial charge in [-0.15, -0.1) is 11.8 Å². The number of carbonyl (C=O) groups excluding carboxylic acids is 1. The van der Waals surface area contributed by atoms with E-state index in [1.54, 1.807) is 23.9 Å². The van der Waals surface area contributed by atoms with Crippen LogP contribution in [-0.2, 0) is 4.79 Å². The highest BCUT2D eigenvalue weighted by atomic mass is 32.2. The van der Waals surface area contributed by atoms with Gasteiger partial charge in [-0.2, -0.15) is 0 Å². The number of hydrogen-bond donors (Lipinski definition) is 0. The monoisotopic (exact) mass is 329 g/mol. The SMILES string of the molecule is CC[C@H](C(=O)N1CCS[C@@H]1c1ccccc1F)c1ccccc1. The molecule has 4 heteroatoms. The molecule has 120 valence electrons. The van der Waals surface area contributed by atoms with Crippen LogP contribution in [0.2, 0.25) is 0 Å². The van der Waals surface area contributed by atoms with Crippen molar-refractivity contribution in [2.24, 2.45) is 0 Å². The molecule has 0 spiro atoms. The van der Waals surface area contributed by atoms with Crippen molar-refractivity contribution in [1.82, 2.24) is 4.90 Å². The first-order valence-corrected chi connectivity index (χ1v) is 8.98. The van der Waals surface area contributed by atoms with Crippen LogP contribution in [0.3, 0.4) is 0 Å². The first kappa shape index (κ1) is 16.1. The molecule has 2 aromatic carbocycles. The minimum atomic E-state index is -0.238. The average Bonchev–Trinajstić information content (AvgIpc) is 3.06. The lowest BCUT2D eigenvalue weighted by molar-refractivity contribution is -0.133. The Kier molecular flexibility index (Phi) is 5.01. The van der Waals surface area contributed by atoms with Gasteiger partial charge in [0.05, 0.1) is 5.92 Å². The van der Waals surface area contributed by atoms with E-state index in [-0.39, 0.29) is 23.0 Å². The molecule has 2 aromatic rings. The molecule has 0 bridgehead atoms. The van der Waals surface area contributed by atoms with Gasteiger partial charge in [0.2, 0.25) is 5.91 Å². The van der Waals surface area contributed by atoms with Crippen molar-refractivity contribution in [2.75, 3.05) is 12.3 Å². The van der Waals surface area contributed by atoms with E-state index in [2.05, 4.69) is 0 Å². The van der Waals surface area contributed by atoms with Crippen LogP contribution >= 0.6 is 11.8 Å². The van der Waals surface area contributed by atoms with E-state index in [1.807, 2.05) is 48.2 Å². The molecule has 1 heterocycles. The fraction of sp³-hybridized carbons (Fsp3) is 0.316. The number of hydrogen-bond acceptors (Lipinski definition) is 2. The van der Waals surface area contributed by atoms with Crippen molar-refractivity contribution >= 4 is 17.7 Å². The molecule has 0 aromatic heterocycles. The van der Waals surface area contributed by atoms with E-state index in [0.29, 0.717) is 12.1 Å². The van der Waals surface area contributed by atoms with Gasteiger partial charge in [-0.25, -0.2) is 4.39 Å². The van der Waals surface area contributed by atoms with Gasteiger partial charge in [-0.3, -0.25) is 4.79 Å². The van der Waals surface area contributed by atoms with Crippen molar-refractivity contribution in [3.05, 3.63) is 71.5 Å². The topological polar surface area (TPSA) is 20.3 Å². The maximum atomic E-state index is 14.1. The molecule has 0 N–H and O–H groups in total. The van der Waals surface area contributed by atoms with E-state index in [9.17, 15) is 9.18 Å². The summed E-state index contributed by atoms with van der Waals surface area (Å²) in [6.45, 7) is 2.70. The Bertz CT molecular complexity index is 676. The maximum Gasteiger partial charge on any atom is 0.231 e. The number of benzene rings is 2. The summed E-state index contributed by atoms with van der Waals surface area (Å²) in [5.74, 6) is 0.536. The van der Waals surface area contributed by atoms with Gasteiger partial charge in [-0.05, 0) is 18.1 Å². The number of thioether (sulfide) groups is 1. The van der Waals surface area contributed by atoms with E-state index >= 15 is 0 Å². The second-order valence-corrected chi connectivity index (χ2v) is 6.84. The molecule has 0 unspecified atom stereocenters. The van der Waals surface area contributed by atoms with Crippen molar-refractivity contribution in [2.45, 2.75) is 24.6 Å². The molecule has 1 aliphatic heterocycles. The Morgan fingerprint density at radius 2 is 1.91 bits per heavy atom. The average molecular weight is 329 g/mol. The fourth-order valence-corrected chi connectivity index (χ4v) is 4.35. The molecule has 2 atom stereocenters. The Hall–Kier alpha value is -1.81. The Morgan fingerprint density at radius 3 is 2.61 bits per heavy atom. The van der Waals surface area contributed by atoms with Gasteiger partial charge in [0.25, 0.3) is 0 Å². The smallest absolute Gasteiger partial charge is 0.231 e. The first-order chi connectivity index (χ1) is 11.2. The number of rotatable bonds is 4. The second-order valence-electron chi connectivity index (χ2n) is 5.65. The summed E-state index contributed by atoms with van der Waals surface area (Å²) in [5, 5.41) is -0.221. The van der Waals surface area contributed by atoms with Gasteiger partial charge in [0.15, 0.2) is 0 Å². The lowest BCUT2D eigenvalue weighted by Crippen LogP contribution is -2.34. The van der Waals surface area contributed by atoms with Gasteiger partial charge >= 0.3 is 0 Å². The summed E-state index contributed by atoms with van der Waals surface area (Å²) in [7, 11) is 0. The zero-order chi connectivity index (χ0) is 16.2. The maximum absolute atomic E-state index is 14.1. The van der Waals surface area contributed by atoms with E-state index in [0.717, 1.165) is 17.7 Å². The Morgan fingerprint density at radius 1 is 1.22 bits per heavy atom. The lowest BCUT2D eigenvalue weighted by atomic mass is 9.95. The standard InChI is InChI=1S/C19H20FNOS/c1-2-15(14-8-4-3-5-9-14)18(22)21-12-13-23-19(21)16-10-6-7-11-17(16)20/h3-11,15,19H,2,12-13H2,1H3/t15-,19+/m0/s1. The van der Waals surface area contributed by atoms with Gasteiger partial charge in [0.1, 0.15) is 11.2 Å². The summed E-state index contributed by atoms with van der Waals surface area (Å²) in [6.07, 6.45) is 0.744. The third-order valence-corrected chi connectivity index (χ3v) is 5.50. The summed E-state index contributed by atoms with van der Waals surface area (Å²) in [4.78, 5) is 14.9. The van der Waals surface area contributed by atoms with E-state index in [4.69, 9.17) is 0 Å². The normalized spacial score (nSPS) is 18.9. The van der Waals surface area contributed by atoms with Crippen molar-refractivity contribution in [3.8, 4) is 0 Å². The third-order valence-electron chi connectivity index (χ3n) is 4.25. The van der Waals surface area contributed by atoms with Gasteiger partial charge < -0.3 is 4.90 Å². The number of amides is 1. The zero-order valence-electron chi connectivity index (χ0n) is 13.1. The van der Waals surface area contributed by atoms with Crippen molar-refractivity contribution < 1.29 is 9.18 Å². The van der Waals surface area contributed by atoms with Crippen LogP contribution in [0.25, 0.3) is 0 Å². The fourth-order valence-electron chi connectivity index (χ4n) is 3.07. The predicted molar refractivity (Wildman–Crippen MR) is 92.8 cm³/mol. The van der Waals surface area contributed by atoms with Crippen LogP contribution in [0.5, 0.6) is 0 Å². The molecule has 0 saturated carbocycles. The van der Waals surface area contributed by atoms with Crippen LogP contribution in [0.4, 0.5) is 4.39 Å². The number of halogens is 1. The van der Waals surface area contributed by atoms with E-state index in [1.165, 1.54) is 6.07 Å². The molecule has 1 saturated heterocycles. The summed E-state index contributed by atoms with van der Waals surface area (Å²) in [5.41, 5.74) is 1.63. The van der Waals surface area contributed by atoms with Crippen LogP contribution in [-0.4, -0.2) is 23.1 Å². The predicted octanol–water partition coefficient (Wildman–Crippen LogP) is 4.59. The quantitative estimate of drug-likeness (QED) is 0.817. The second kappa shape index (κ2) is 7.18. The summed E-state index contributed by atoms with van der Waals surface area (Å²) < 4.78 is 14.1. The van der Waals surface area contributed by atoms with E-state index < -0.39 is 0 Å². The minimum absolute atomic E-state index is 0.0944. The van der Waals surface area contributed by atoms with Crippen LogP contribution in [0.15, 0.2) is 54.6 Å². The highest BCUT2D eigenvalue weighted by Crippen LogP contribution is 2.41. The molecule has 0 aliphatic carbocycles. The molecule has 1 amide bonds. The molecule has 3 rings (SSSR count). The highest BCUT2D eigenvalue weighted by molar-refractivity contribution is 7.99.